The van der Waals surface area contributed by atoms with Crippen molar-refractivity contribution in [2.24, 2.45) is 5.73 Å². The lowest BCUT2D eigenvalue weighted by molar-refractivity contribution is 0.0973. The molecule has 0 aromatic heterocycles. The second kappa shape index (κ2) is 7.23. The minimum atomic E-state index is 0.00216. The summed E-state index contributed by atoms with van der Waals surface area (Å²) in [4.78, 5) is 12.0. The summed E-state index contributed by atoms with van der Waals surface area (Å²) in [6.07, 6.45) is 4.54. The number of hydrogen-bond donors (Lipinski definition) is 1. The molecule has 2 N–H and O–H groups in total. The number of Topliss-reactive ketones (excluding diaryl/α,β-unsaturated/α-hetero) is 1. The molecule has 2 nitrogen and oxygen atoms in total. The predicted octanol–water partition coefficient (Wildman–Crippen LogP) is 3.34. The van der Waals surface area contributed by atoms with E-state index in [1.165, 1.54) is 5.56 Å². The number of ketones is 1. The summed E-state index contributed by atoms with van der Waals surface area (Å²) in [5.41, 5.74) is 7.94. The molecule has 2 heteroatoms. The minimum Gasteiger partial charge on any atom is -0.327 e. The maximum Gasteiger partial charge on any atom is 0.164 e. The molecule has 0 radical (unpaired) electrons. The van der Waals surface area contributed by atoms with Crippen molar-refractivity contribution < 1.29 is 4.79 Å². The highest BCUT2D eigenvalue weighted by Gasteiger charge is 2.11. The highest BCUT2D eigenvalue weighted by molar-refractivity contribution is 5.96. The summed E-state index contributed by atoms with van der Waals surface area (Å²) in [5, 5.41) is 0. The molecule has 0 saturated heterocycles. The zero-order valence-corrected chi connectivity index (χ0v) is 10.9. The molecule has 0 aliphatic heterocycles. The molecule has 1 aromatic rings. The van der Waals surface area contributed by atoms with Crippen LogP contribution in [0.15, 0.2) is 24.3 Å². The van der Waals surface area contributed by atoms with Gasteiger partial charge in [0.1, 0.15) is 0 Å². The van der Waals surface area contributed by atoms with E-state index in [2.05, 4.69) is 19.9 Å². The molecule has 94 valence electrons. The first kappa shape index (κ1) is 13.9. The van der Waals surface area contributed by atoms with Gasteiger partial charge in [-0.1, -0.05) is 44.9 Å². The Balaban J connectivity index is 2.65. The summed E-state index contributed by atoms with van der Waals surface area (Å²) >= 11 is 0. The smallest absolute Gasteiger partial charge is 0.164 e. The molecule has 0 bridgehead atoms. The number of nitrogens with two attached hydrogens (primary N) is 1. The molecule has 0 aliphatic rings. The lowest BCUT2D eigenvalue weighted by Crippen LogP contribution is -2.23. The third kappa shape index (κ3) is 4.70. The van der Waals surface area contributed by atoms with E-state index in [4.69, 9.17) is 5.73 Å². The van der Waals surface area contributed by atoms with Gasteiger partial charge in [0.2, 0.25) is 0 Å². The molecule has 0 amide bonds. The Bertz CT molecular complexity index is 360. The number of hydrogen-bond acceptors (Lipinski definition) is 2. The highest BCUT2D eigenvalue weighted by atomic mass is 16.1. The Morgan fingerprint density at radius 3 is 2.71 bits per heavy atom. The third-order valence-corrected chi connectivity index (χ3v) is 2.89. The van der Waals surface area contributed by atoms with Gasteiger partial charge in [0.15, 0.2) is 5.78 Å². The molecule has 0 saturated carbocycles. The zero-order chi connectivity index (χ0) is 12.7. The van der Waals surface area contributed by atoms with Gasteiger partial charge in [-0.2, -0.15) is 0 Å². The Hall–Kier alpha value is -1.15. The van der Waals surface area contributed by atoms with Crippen molar-refractivity contribution in [3.8, 4) is 0 Å². The van der Waals surface area contributed by atoms with Crippen LogP contribution in [0.1, 0.15) is 55.5 Å². The van der Waals surface area contributed by atoms with Crippen molar-refractivity contribution in [2.45, 2.75) is 52.0 Å². The van der Waals surface area contributed by atoms with Crippen LogP contribution in [0.2, 0.25) is 0 Å². The molecule has 0 aliphatic carbocycles. The molecule has 1 unspecified atom stereocenters. The highest BCUT2D eigenvalue weighted by Crippen LogP contribution is 2.11. The summed E-state index contributed by atoms with van der Waals surface area (Å²) in [5.74, 6) is 0.170. The van der Waals surface area contributed by atoms with Crippen LogP contribution in [0.3, 0.4) is 0 Å². The standard InChI is InChI=1S/C15H23NO/c1-3-6-12-8-5-9-13(10-12)15(17)11-14(16)7-4-2/h5,8-10,14H,3-4,6-7,11,16H2,1-2H3. The molecule has 1 atom stereocenters. The van der Waals surface area contributed by atoms with Gasteiger partial charge < -0.3 is 5.73 Å². The van der Waals surface area contributed by atoms with E-state index in [-0.39, 0.29) is 11.8 Å². The lowest BCUT2D eigenvalue weighted by atomic mass is 9.99. The van der Waals surface area contributed by atoms with Crippen LogP contribution in [0.4, 0.5) is 0 Å². The first-order chi connectivity index (χ1) is 8.17. The number of carbonyl (C=O) groups excluding carboxylic acids is 1. The van der Waals surface area contributed by atoms with Crippen molar-refractivity contribution in [1.29, 1.82) is 0 Å². The SMILES string of the molecule is CCCc1cccc(C(=O)CC(N)CCC)c1. The van der Waals surface area contributed by atoms with E-state index in [1.807, 2.05) is 18.2 Å². The van der Waals surface area contributed by atoms with E-state index in [0.29, 0.717) is 6.42 Å². The lowest BCUT2D eigenvalue weighted by Gasteiger charge is -2.09. The maximum absolute atomic E-state index is 12.0. The van der Waals surface area contributed by atoms with Crippen LogP contribution in [0, 0.1) is 0 Å². The van der Waals surface area contributed by atoms with Gasteiger partial charge in [0.25, 0.3) is 0 Å². The molecule has 1 rings (SSSR count). The minimum absolute atomic E-state index is 0.00216. The van der Waals surface area contributed by atoms with Gasteiger partial charge in [-0.3, -0.25) is 4.79 Å². The van der Waals surface area contributed by atoms with Crippen molar-refractivity contribution in [3.63, 3.8) is 0 Å². The van der Waals surface area contributed by atoms with Gasteiger partial charge in [-0.05, 0) is 24.5 Å². The fraction of sp³-hybridized carbons (Fsp3) is 0.533. The van der Waals surface area contributed by atoms with Crippen LogP contribution in [0.5, 0.6) is 0 Å². The second-order valence-electron chi connectivity index (χ2n) is 4.63. The maximum atomic E-state index is 12.0. The van der Waals surface area contributed by atoms with Crippen LogP contribution in [-0.2, 0) is 6.42 Å². The van der Waals surface area contributed by atoms with Crippen LogP contribution < -0.4 is 5.73 Å². The van der Waals surface area contributed by atoms with Crippen molar-refractivity contribution in [3.05, 3.63) is 35.4 Å². The van der Waals surface area contributed by atoms with Gasteiger partial charge in [0.05, 0.1) is 0 Å². The van der Waals surface area contributed by atoms with Crippen molar-refractivity contribution >= 4 is 5.78 Å². The van der Waals surface area contributed by atoms with E-state index in [1.54, 1.807) is 0 Å². The van der Waals surface area contributed by atoms with Gasteiger partial charge >= 0.3 is 0 Å². The fourth-order valence-electron chi connectivity index (χ4n) is 2.02. The van der Waals surface area contributed by atoms with Crippen LogP contribution in [-0.4, -0.2) is 11.8 Å². The second-order valence-corrected chi connectivity index (χ2v) is 4.63. The molecule has 0 spiro atoms. The summed E-state index contributed by atoms with van der Waals surface area (Å²) < 4.78 is 0. The largest absolute Gasteiger partial charge is 0.327 e. The number of aryl methyl sites for hydroxylation is 1. The van der Waals surface area contributed by atoms with Crippen LogP contribution in [0.25, 0.3) is 0 Å². The predicted molar refractivity (Wildman–Crippen MR) is 72.3 cm³/mol. The molecule has 17 heavy (non-hydrogen) atoms. The van der Waals surface area contributed by atoms with E-state index in [9.17, 15) is 4.79 Å². The summed E-state index contributed by atoms with van der Waals surface area (Å²) in [6.45, 7) is 4.23. The molecule has 0 fully saturated rings. The molecular formula is C15H23NO. The van der Waals surface area contributed by atoms with E-state index < -0.39 is 0 Å². The Morgan fingerprint density at radius 1 is 1.29 bits per heavy atom. The zero-order valence-electron chi connectivity index (χ0n) is 10.9. The monoisotopic (exact) mass is 233 g/mol. The summed E-state index contributed by atoms with van der Waals surface area (Å²) in [7, 11) is 0. The van der Waals surface area contributed by atoms with Crippen molar-refractivity contribution in [1.82, 2.24) is 0 Å². The summed E-state index contributed by atoms with van der Waals surface area (Å²) in [6, 6.07) is 7.93. The van der Waals surface area contributed by atoms with E-state index in [0.717, 1.165) is 31.2 Å². The average molecular weight is 233 g/mol. The normalized spacial score (nSPS) is 12.4. The third-order valence-electron chi connectivity index (χ3n) is 2.89. The number of benzene rings is 1. The molecule has 0 heterocycles. The quantitative estimate of drug-likeness (QED) is 0.734. The Morgan fingerprint density at radius 2 is 2.06 bits per heavy atom. The number of carbonyl (C=O) groups is 1. The Kier molecular flexibility index (Phi) is 5.92. The topological polar surface area (TPSA) is 43.1 Å². The van der Waals surface area contributed by atoms with Gasteiger partial charge in [-0.15, -0.1) is 0 Å². The average Bonchev–Trinajstić information content (AvgIpc) is 2.30. The van der Waals surface area contributed by atoms with Crippen molar-refractivity contribution in [2.75, 3.05) is 0 Å². The Labute approximate surface area is 104 Å². The molecular weight excluding hydrogens is 210 g/mol. The first-order valence-electron chi connectivity index (χ1n) is 6.55. The number of rotatable bonds is 7. The molecule has 1 aromatic carbocycles. The van der Waals surface area contributed by atoms with E-state index >= 15 is 0 Å². The van der Waals surface area contributed by atoms with Crippen LogP contribution >= 0.6 is 0 Å². The first-order valence-corrected chi connectivity index (χ1v) is 6.55. The van der Waals surface area contributed by atoms with Gasteiger partial charge in [0, 0.05) is 18.0 Å². The van der Waals surface area contributed by atoms with Gasteiger partial charge in [-0.25, -0.2) is 0 Å². The fourth-order valence-corrected chi connectivity index (χ4v) is 2.02.